The van der Waals surface area contributed by atoms with E-state index >= 15 is 0 Å². The quantitative estimate of drug-likeness (QED) is 0.747. The fourth-order valence-corrected chi connectivity index (χ4v) is 2.15. The van der Waals surface area contributed by atoms with Crippen LogP contribution < -0.4 is 15.8 Å². The van der Waals surface area contributed by atoms with Crippen molar-refractivity contribution in [2.75, 3.05) is 20.2 Å². The second kappa shape index (κ2) is 6.40. The molecule has 4 nitrogen and oxygen atoms in total. The lowest BCUT2D eigenvalue weighted by Gasteiger charge is -2.15. The molecule has 0 saturated carbocycles. The van der Waals surface area contributed by atoms with Gasteiger partial charge in [0.15, 0.2) is 0 Å². The molecule has 100 valence electrons. The van der Waals surface area contributed by atoms with Crippen molar-refractivity contribution < 1.29 is 9.53 Å². The first kappa shape index (κ1) is 14.5. The maximum absolute atomic E-state index is 10.6. The summed E-state index contributed by atoms with van der Waals surface area (Å²) in [5.74, 6) is 0.634. The highest BCUT2D eigenvalue weighted by Crippen LogP contribution is 2.28. The number of ether oxygens (including phenoxy) is 1. The molecule has 0 aliphatic carbocycles. The second-order valence-electron chi connectivity index (χ2n) is 4.53. The first-order valence-corrected chi connectivity index (χ1v) is 6.10. The van der Waals surface area contributed by atoms with E-state index < -0.39 is 0 Å². The molecule has 3 N–H and O–H groups in total. The van der Waals surface area contributed by atoms with Crippen LogP contribution in [0.3, 0.4) is 0 Å². The number of nitrogens with one attached hydrogen (secondary N) is 1. The zero-order valence-electron chi connectivity index (χ0n) is 11.6. The van der Waals surface area contributed by atoms with Crippen LogP contribution in [0.15, 0.2) is 6.07 Å². The molecule has 1 aromatic carbocycles. The molecule has 0 aliphatic heterocycles. The van der Waals surface area contributed by atoms with Crippen LogP contribution in [-0.4, -0.2) is 26.1 Å². The maximum Gasteiger partial charge on any atom is 0.231 e. The van der Waals surface area contributed by atoms with Gasteiger partial charge in [-0.2, -0.15) is 0 Å². The summed E-state index contributed by atoms with van der Waals surface area (Å²) in [6, 6.07) is 2.15. The van der Waals surface area contributed by atoms with Crippen molar-refractivity contribution >= 4 is 5.91 Å². The lowest BCUT2D eigenvalue weighted by atomic mass is 9.96. The molecule has 4 heteroatoms. The van der Waals surface area contributed by atoms with E-state index in [-0.39, 0.29) is 12.5 Å². The Bertz CT molecular complexity index is 442. The van der Waals surface area contributed by atoms with E-state index in [0.717, 1.165) is 24.3 Å². The number of primary amides is 1. The van der Waals surface area contributed by atoms with Gasteiger partial charge in [-0.05, 0) is 56.0 Å². The number of hydrogen-bond donors (Lipinski definition) is 2. The molecule has 0 spiro atoms. The molecule has 0 atom stereocenters. The van der Waals surface area contributed by atoms with Crippen molar-refractivity contribution in [2.45, 2.75) is 27.2 Å². The Balaban J connectivity index is 2.75. The average Bonchev–Trinajstić information content (AvgIpc) is 2.31. The second-order valence-corrected chi connectivity index (χ2v) is 4.53. The largest absolute Gasteiger partial charge is 0.496 e. The van der Waals surface area contributed by atoms with Gasteiger partial charge in [-0.15, -0.1) is 0 Å². The number of hydrogen-bond acceptors (Lipinski definition) is 3. The van der Waals surface area contributed by atoms with Gasteiger partial charge in [-0.1, -0.05) is 6.07 Å². The average molecular weight is 250 g/mol. The Morgan fingerprint density at radius 2 is 2.00 bits per heavy atom. The molecule has 0 fully saturated rings. The summed E-state index contributed by atoms with van der Waals surface area (Å²) in [6.45, 7) is 7.19. The molecule has 0 radical (unpaired) electrons. The van der Waals surface area contributed by atoms with Crippen molar-refractivity contribution in [1.29, 1.82) is 0 Å². The van der Waals surface area contributed by atoms with Crippen LogP contribution in [-0.2, 0) is 11.2 Å². The van der Waals surface area contributed by atoms with E-state index in [0.29, 0.717) is 0 Å². The van der Waals surface area contributed by atoms with Gasteiger partial charge in [-0.25, -0.2) is 0 Å². The highest BCUT2D eigenvalue weighted by Gasteiger charge is 2.10. The molecule has 0 saturated heterocycles. The number of carbonyl (C=O) groups is 1. The number of rotatable bonds is 6. The van der Waals surface area contributed by atoms with Crippen LogP contribution in [0.5, 0.6) is 5.75 Å². The maximum atomic E-state index is 10.6. The van der Waals surface area contributed by atoms with Crippen molar-refractivity contribution in [2.24, 2.45) is 5.73 Å². The van der Waals surface area contributed by atoms with Crippen LogP contribution in [0.25, 0.3) is 0 Å². The highest BCUT2D eigenvalue weighted by atomic mass is 16.5. The first-order chi connectivity index (χ1) is 8.47. The monoisotopic (exact) mass is 250 g/mol. The summed E-state index contributed by atoms with van der Waals surface area (Å²) in [5.41, 5.74) is 9.93. The molecular weight excluding hydrogens is 228 g/mol. The minimum atomic E-state index is -0.325. The minimum Gasteiger partial charge on any atom is -0.496 e. The van der Waals surface area contributed by atoms with Crippen LogP contribution in [0.4, 0.5) is 0 Å². The van der Waals surface area contributed by atoms with E-state index in [4.69, 9.17) is 10.5 Å². The van der Waals surface area contributed by atoms with E-state index in [1.54, 1.807) is 7.11 Å². The summed E-state index contributed by atoms with van der Waals surface area (Å²) in [5, 5.41) is 3.02. The topological polar surface area (TPSA) is 64.3 Å². The zero-order chi connectivity index (χ0) is 13.7. The van der Waals surface area contributed by atoms with E-state index in [2.05, 4.69) is 25.2 Å². The van der Waals surface area contributed by atoms with Gasteiger partial charge in [-0.3, -0.25) is 4.79 Å². The third-order valence-corrected chi connectivity index (χ3v) is 3.21. The van der Waals surface area contributed by atoms with Gasteiger partial charge in [0.25, 0.3) is 0 Å². The fourth-order valence-electron chi connectivity index (χ4n) is 2.15. The molecule has 1 aromatic rings. The normalized spacial score (nSPS) is 10.4. The Morgan fingerprint density at radius 1 is 1.33 bits per heavy atom. The van der Waals surface area contributed by atoms with E-state index in [9.17, 15) is 4.79 Å². The van der Waals surface area contributed by atoms with Crippen LogP contribution in [0.2, 0.25) is 0 Å². The molecule has 1 rings (SSSR count). The number of amides is 1. The SMILES string of the molecule is COc1c(C)cc(CCNCC(N)=O)c(C)c1C. The summed E-state index contributed by atoms with van der Waals surface area (Å²) < 4.78 is 5.39. The van der Waals surface area contributed by atoms with Crippen LogP contribution in [0, 0.1) is 20.8 Å². The van der Waals surface area contributed by atoms with Gasteiger partial charge in [0.05, 0.1) is 13.7 Å². The van der Waals surface area contributed by atoms with Gasteiger partial charge in [0.1, 0.15) is 5.75 Å². The molecule has 0 bridgehead atoms. The van der Waals surface area contributed by atoms with Crippen molar-refractivity contribution in [3.8, 4) is 5.75 Å². The van der Waals surface area contributed by atoms with E-state index in [1.807, 2.05) is 6.92 Å². The zero-order valence-corrected chi connectivity index (χ0v) is 11.6. The lowest BCUT2D eigenvalue weighted by molar-refractivity contribution is -0.117. The molecule has 0 heterocycles. The summed E-state index contributed by atoms with van der Waals surface area (Å²) in [6.07, 6.45) is 0.880. The van der Waals surface area contributed by atoms with Crippen LogP contribution in [0.1, 0.15) is 22.3 Å². The molecular formula is C14H22N2O2. The molecule has 1 amide bonds. The summed E-state index contributed by atoms with van der Waals surface area (Å²) >= 11 is 0. The number of aryl methyl sites for hydroxylation is 1. The predicted octanol–water partition coefficient (Wildman–Crippen LogP) is 1.24. The number of benzene rings is 1. The molecule has 0 unspecified atom stereocenters. The number of carbonyl (C=O) groups excluding carboxylic acids is 1. The Kier molecular flexibility index (Phi) is 5.16. The van der Waals surface area contributed by atoms with Gasteiger partial charge < -0.3 is 15.8 Å². The Hall–Kier alpha value is -1.55. The van der Waals surface area contributed by atoms with Crippen molar-refractivity contribution in [3.63, 3.8) is 0 Å². The van der Waals surface area contributed by atoms with Crippen LogP contribution >= 0.6 is 0 Å². The van der Waals surface area contributed by atoms with E-state index in [1.165, 1.54) is 16.7 Å². The lowest BCUT2D eigenvalue weighted by Crippen LogP contribution is -2.30. The highest BCUT2D eigenvalue weighted by molar-refractivity contribution is 5.75. The Labute approximate surface area is 109 Å². The molecule has 0 aliphatic rings. The third kappa shape index (κ3) is 3.47. The molecule has 0 aromatic heterocycles. The Morgan fingerprint density at radius 3 is 2.56 bits per heavy atom. The van der Waals surface area contributed by atoms with Gasteiger partial charge >= 0.3 is 0 Å². The first-order valence-electron chi connectivity index (χ1n) is 6.10. The van der Waals surface area contributed by atoms with Gasteiger partial charge in [0.2, 0.25) is 5.91 Å². The van der Waals surface area contributed by atoms with Gasteiger partial charge in [0, 0.05) is 0 Å². The minimum absolute atomic E-state index is 0.229. The third-order valence-electron chi connectivity index (χ3n) is 3.21. The molecule has 18 heavy (non-hydrogen) atoms. The predicted molar refractivity (Wildman–Crippen MR) is 73.0 cm³/mol. The fraction of sp³-hybridized carbons (Fsp3) is 0.500. The smallest absolute Gasteiger partial charge is 0.231 e. The number of methoxy groups -OCH3 is 1. The standard InChI is InChI=1S/C14H22N2O2/c1-9-7-12(5-6-16-8-13(15)17)10(2)11(3)14(9)18-4/h7,16H,5-6,8H2,1-4H3,(H2,15,17). The number of nitrogens with two attached hydrogens (primary N) is 1. The summed E-state index contributed by atoms with van der Waals surface area (Å²) in [7, 11) is 1.70. The van der Waals surface area contributed by atoms with Crippen molar-refractivity contribution in [1.82, 2.24) is 5.32 Å². The van der Waals surface area contributed by atoms with Crippen molar-refractivity contribution in [3.05, 3.63) is 28.3 Å². The summed E-state index contributed by atoms with van der Waals surface area (Å²) in [4.78, 5) is 10.6.